The highest BCUT2D eigenvalue weighted by atomic mass is 79.9. The lowest BCUT2D eigenvalue weighted by molar-refractivity contribution is 0.0928. The van der Waals surface area contributed by atoms with Gasteiger partial charge in [0.25, 0.3) is 5.91 Å². The third-order valence-electron chi connectivity index (χ3n) is 2.30. The molecular formula is C12H12BrN3O2. The minimum Gasteiger partial charge on any atom is -0.444 e. The normalized spacial score (nSPS) is 12.2. The summed E-state index contributed by atoms with van der Waals surface area (Å²) in [5.41, 5.74) is 0.347. The summed E-state index contributed by atoms with van der Waals surface area (Å²) in [6, 6.07) is 4.86. The molecule has 18 heavy (non-hydrogen) atoms. The highest BCUT2D eigenvalue weighted by molar-refractivity contribution is 9.10. The first-order valence-electron chi connectivity index (χ1n) is 5.42. The number of amides is 1. The third-order valence-corrected chi connectivity index (χ3v) is 2.75. The van der Waals surface area contributed by atoms with Crippen LogP contribution in [0.3, 0.4) is 0 Å². The molecule has 0 saturated carbocycles. The molecule has 6 heteroatoms. The van der Waals surface area contributed by atoms with Crippen LogP contribution in [0.2, 0.25) is 0 Å². The first-order valence-corrected chi connectivity index (χ1v) is 6.21. The number of carbonyl (C=O) groups excluding carboxylic acids is 1. The maximum Gasteiger partial charge on any atom is 0.270 e. The smallest absolute Gasteiger partial charge is 0.270 e. The Morgan fingerprint density at radius 3 is 2.89 bits per heavy atom. The molecule has 0 aromatic carbocycles. The first-order chi connectivity index (χ1) is 8.56. The molecule has 1 N–H and O–H groups in total. The average Bonchev–Trinajstić information content (AvgIpc) is 2.76. The van der Waals surface area contributed by atoms with Crippen LogP contribution in [0.15, 0.2) is 33.4 Å². The molecule has 0 aliphatic rings. The molecule has 0 radical (unpaired) electrons. The van der Waals surface area contributed by atoms with Crippen LogP contribution >= 0.6 is 15.9 Å². The first kappa shape index (κ1) is 12.8. The van der Waals surface area contributed by atoms with E-state index in [9.17, 15) is 4.79 Å². The largest absolute Gasteiger partial charge is 0.444 e. The van der Waals surface area contributed by atoms with E-state index in [0.29, 0.717) is 21.9 Å². The second kappa shape index (κ2) is 5.30. The Labute approximate surface area is 113 Å². The van der Waals surface area contributed by atoms with Crippen LogP contribution in [0.25, 0.3) is 0 Å². The van der Waals surface area contributed by atoms with Gasteiger partial charge in [-0.05, 0) is 41.9 Å². The molecule has 5 nitrogen and oxygen atoms in total. The highest BCUT2D eigenvalue weighted by Crippen LogP contribution is 2.13. The molecule has 0 fully saturated rings. The third kappa shape index (κ3) is 2.95. The van der Waals surface area contributed by atoms with Gasteiger partial charge in [-0.3, -0.25) is 4.79 Å². The highest BCUT2D eigenvalue weighted by Gasteiger charge is 2.16. The van der Waals surface area contributed by atoms with Gasteiger partial charge in [-0.2, -0.15) is 0 Å². The van der Waals surface area contributed by atoms with Gasteiger partial charge in [0, 0.05) is 0 Å². The summed E-state index contributed by atoms with van der Waals surface area (Å²) in [5, 5.41) is 2.77. The summed E-state index contributed by atoms with van der Waals surface area (Å²) in [4.78, 5) is 20.1. The van der Waals surface area contributed by atoms with E-state index in [1.807, 2.05) is 0 Å². The molecule has 0 saturated heterocycles. The summed E-state index contributed by atoms with van der Waals surface area (Å²) in [5.74, 6) is 0.933. The van der Waals surface area contributed by atoms with Crippen molar-refractivity contribution in [2.75, 3.05) is 0 Å². The fourth-order valence-electron chi connectivity index (χ4n) is 1.44. The molecule has 1 amide bonds. The molecule has 0 bridgehead atoms. The van der Waals surface area contributed by atoms with Crippen molar-refractivity contribution in [2.45, 2.75) is 19.9 Å². The van der Waals surface area contributed by atoms with Gasteiger partial charge in [0.2, 0.25) is 5.89 Å². The Kier molecular flexibility index (Phi) is 3.76. The molecule has 1 atom stereocenters. The van der Waals surface area contributed by atoms with Crippen molar-refractivity contribution in [3.05, 3.63) is 46.3 Å². The van der Waals surface area contributed by atoms with Crippen molar-refractivity contribution in [3.63, 3.8) is 0 Å². The van der Waals surface area contributed by atoms with Crippen LogP contribution in [-0.4, -0.2) is 15.9 Å². The lowest BCUT2D eigenvalue weighted by Crippen LogP contribution is -2.27. The molecule has 2 rings (SSSR count). The number of aromatic nitrogens is 2. The molecule has 94 valence electrons. The van der Waals surface area contributed by atoms with Gasteiger partial charge in [0.05, 0.1) is 6.20 Å². The van der Waals surface area contributed by atoms with E-state index in [-0.39, 0.29) is 11.9 Å². The van der Waals surface area contributed by atoms with Crippen LogP contribution in [-0.2, 0) is 0 Å². The van der Waals surface area contributed by atoms with E-state index in [4.69, 9.17) is 4.42 Å². The number of halogens is 1. The van der Waals surface area contributed by atoms with Gasteiger partial charge in [-0.15, -0.1) is 0 Å². The summed E-state index contributed by atoms with van der Waals surface area (Å²) < 4.78 is 5.97. The van der Waals surface area contributed by atoms with Gasteiger partial charge in [-0.25, -0.2) is 9.97 Å². The van der Waals surface area contributed by atoms with Gasteiger partial charge < -0.3 is 9.73 Å². The van der Waals surface area contributed by atoms with E-state index in [1.165, 1.54) is 0 Å². The zero-order valence-electron chi connectivity index (χ0n) is 9.98. The number of hydrogen-bond acceptors (Lipinski definition) is 4. The van der Waals surface area contributed by atoms with Crippen molar-refractivity contribution in [3.8, 4) is 0 Å². The minimum absolute atomic E-state index is 0.264. The summed E-state index contributed by atoms with van der Waals surface area (Å²) >= 11 is 3.22. The Hall–Kier alpha value is -1.69. The minimum atomic E-state index is -0.299. The van der Waals surface area contributed by atoms with Crippen molar-refractivity contribution in [1.82, 2.24) is 15.3 Å². The molecule has 1 unspecified atom stereocenters. The molecule has 2 heterocycles. The number of oxazole rings is 1. The lowest BCUT2D eigenvalue weighted by Gasteiger charge is -2.09. The van der Waals surface area contributed by atoms with Crippen LogP contribution in [0.4, 0.5) is 0 Å². The number of carbonyl (C=O) groups is 1. The number of aryl methyl sites for hydroxylation is 1. The molecule has 0 aliphatic heterocycles. The Morgan fingerprint density at radius 2 is 2.28 bits per heavy atom. The molecular weight excluding hydrogens is 298 g/mol. The number of rotatable bonds is 3. The lowest BCUT2D eigenvalue weighted by atomic mass is 10.3. The predicted molar refractivity (Wildman–Crippen MR) is 69.1 cm³/mol. The van der Waals surface area contributed by atoms with E-state index >= 15 is 0 Å². The molecule has 2 aromatic heterocycles. The molecule has 0 aliphatic carbocycles. The average molecular weight is 310 g/mol. The zero-order valence-corrected chi connectivity index (χ0v) is 11.6. The second-order valence-electron chi connectivity index (χ2n) is 3.85. The van der Waals surface area contributed by atoms with E-state index in [0.717, 1.165) is 0 Å². The number of hydrogen-bond donors (Lipinski definition) is 1. The second-order valence-corrected chi connectivity index (χ2v) is 4.66. The molecule has 2 aromatic rings. The zero-order chi connectivity index (χ0) is 13.1. The Morgan fingerprint density at radius 1 is 1.50 bits per heavy atom. The fourth-order valence-corrected chi connectivity index (χ4v) is 1.78. The van der Waals surface area contributed by atoms with Crippen molar-refractivity contribution in [1.29, 1.82) is 0 Å². The predicted octanol–water partition coefficient (Wildman–Crippen LogP) is 2.63. The van der Waals surface area contributed by atoms with E-state index in [2.05, 4.69) is 31.2 Å². The number of nitrogens with zero attached hydrogens (tertiary/aromatic N) is 2. The van der Waals surface area contributed by atoms with Crippen molar-refractivity contribution < 1.29 is 9.21 Å². The Balaban J connectivity index is 2.08. The fraction of sp³-hybridized carbons (Fsp3) is 0.250. The van der Waals surface area contributed by atoms with Crippen LogP contribution < -0.4 is 5.32 Å². The van der Waals surface area contributed by atoms with Gasteiger partial charge in [-0.1, -0.05) is 6.07 Å². The SMILES string of the molecule is Cc1cnc(C(C)NC(=O)c2cccc(Br)n2)o1. The van der Waals surface area contributed by atoms with Crippen LogP contribution in [0, 0.1) is 6.92 Å². The van der Waals surface area contributed by atoms with Crippen molar-refractivity contribution in [2.24, 2.45) is 0 Å². The quantitative estimate of drug-likeness (QED) is 0.885. The van der Waals surface area contributed by atoms with Crippen molar-refractivity contribution >= 4 is 21.8 Å². The van der Waals surface area contributed by atoms with Gasteiger partial charge in [0.15, 0.2) is 0 Å². The maximum absolute atomic E-state index is 11.9. The summed E-state index contributed by atoms with van der Waals surface area (Å²) in [7, 11) is 0. The Bertz CT molecular complexity index is 568. The van der Waals surface area contributed by atoms with Gasteiger partial charge in [0.1, 0.15) is 22.1 Å². The molecule has 0 spiro atoms. The number of nitrogens with one attached hydrogen (secondary N) is 1. The monoisotopic (exact) mass is 309 g/mol. The maximum atomic E-state index is 11.9. The van der Waals surface area contributed by atoms with E-state index in [1.54, 1.807) is 38.2 Å². The van der Waals surface area contributed by atoms with Crippen LogP contribution in [0.5, 0.6) is 0 Å². The van der Waals surface area contributed by atoms with E-state index < -0.39 is 0 Å². The van der Waals surface area contributed by atoms with Crippen LogP contribution in [0.1, 0.15) is 35.1 Å². The standard InChI is InChI=1S/C12H12BrN3O2/c1-7-6-14-12(18-7)8(2)15-11(17)9-4-3-5-10(13)16-9/h3-6,8H,1-2H3,(H,15,17). The summed E-state index contributed by atoms with van der Waals surface area (Å²) in [6.45, 7) is 3.61. The van der Waals surface area contributed by atoms with Gasteiger partial charge >= 0.3 is 0 Å². The summed E-state index contributed by atoms with van der Waals surface area (Å²) in [6.07, 6.45) is 1.62. The topological polar surface area (TPSA) is 68.0 Å². The number of pyridine rings is 1.